The normalized spacial score (nSPS) is 14.4. The molecule has 5 rings (SSSR count). The first kappa shape index (κ1) is 19.0. The fourth-order valence-electron chi connectivity index (χ4n) is 3.54. The van der Waals surface area contributed by atoms with E-state index in [4.69, 9.17) is 11.6 Å². The standard InChI is InChI=1S/C22H18ClN5OS/c23-19-4-2-1-3-15(19)11-18-12-25-21(30-18)27-20(29)22(9-10-22)16-5-7-17(8-6-16)28-14-24-13-26-28/h1-8,12-14H,9-11H2,(H,25,27,29). The van der Waals surface area contributed by atoms with E-state index in [1.807, 2.05) is 48.5 Å². The van der Waals surface area contributed by atoms with Crippen molar-refractivity contribution in [3.8, 4) is 5.69 Å². The molecule has 2 aromatic heterocycles. The van der Waals surface area contributed by atoms with Crippen LogP contribution >= 0.6 is 22.9 Å². The maximum Gasteiger partial charge on any atom is 0.236 e. The predicted molar refractivity (Wildman–Crippen MR) is 117 cm³/mol. The van der Waals surface area contributed by atoms with Crippen molar-refractivity contribution in [1.29, 1.82) is 0 Å². The molecule has 0 atom stereocenters. The number of hydrogen-bond acceptors (Lipinski definition) is 5. The van der Waals surface area contributed by atoms with Gasteiger partial charge >= 0.3 is 0 Å². The molecular weight excluding hydrogens is 418 g/mol. The number of thiazole rings is 1. The van der Waals surface area contributed by atoms with Gasteiger partial charge in [-0.15, -0.1) is 11.3 Å². The third-order valence-electron chi connectivity index (χ3n) is 5.38. The van der Waals surface area contributed by atoms with Crippen LogP contribution in [0.15, 0.2) is 67.4 Å². The van der Waals surface area contributed by atoms with Gasteiger partial charge in [0.15, 0.2) is 5.13 Å². The number of nitrogens with zero attached hydrogens (tertiary/aromatic N) is 4. The van der Waals surface area contributed by atoms with E-state index in [1.165, 1.54) is 17.7 Å². The van der Waals surface area contributed by atoms with Gasteiger partial charge in [0.1, 0.15) is 12.7 Å². The predicted octanol–water partition coefficient (Wildman–Crippen LogP) is 4.64. The molecule has 0 bridgehead atoms. The zero-order valence-electron chi connectivity index (χ0n) is 16.0. The molecule has 2 heterocycles. The van der Waals surface area contributed by atoms with E-state index in [9.17, 15) is 4.79 Å². The number of amides is 1. The van der Waals surface area contributed by atoms with Crippen LogP contribution < -0.4 is 5.32 Å². The molecule has 30 heavy (non-hydrogen) atoms. The van der Waals surface area contributed by atoms with Crippen molar-refractivity contribution >= 4 is 34.0 Å². The van der Waals surface area contributed by atoms with Crippen LogP contribution in [0.4, 0.5) is 5.13 Å². The van der Waals surface area contributed by atoms with Gasteiger partial charge in [0.05, 0.1) is 11.1 Å². The number of carbonyl (C=O) groups excluding carboxylic acids is 1. The molecule has 6 nitrogen and oxygen atoms in total. The lowest BCUT2D eigenvalue weighted by Crippen LogP contribution is -2.27. The number of anilines is 1. The van der Waals surface area contributed by atoms with Gasteiger partial charge in [0.2, 0.25) is 5.91 Å². The highest BCUT2D eigenvalue weighted by Crippen LogP contribution is 2.49. The second-order valence-electron chi connectivity index (χ2n) is 7.32. The quantitative estimate of drug-likeness (QED) is 0.479. The molecule has 1 aliphatic carbocycles. The van der Waals surface area contributed by atoms with Gasteiger partial charge in [-0.3, -0.25) is 4.79 Å². The average Bonchev–Trinajstić information content (AvgIpc) is 3.17. The minimum Gasteiger partial charge on any atom is -0.301 e. The van der Waals surface area contributed by atoms with Crippen molar-refractivity contribution in [2.24, 2.45) is 0 Å². The van der Waals surface area contributed by atoms with Gasteiger partial charge in [-0.05, 0) is 42.2 Å². The molecule has 1 fully saturated rings. The molecule has 8 heteroatoms. The van der Waals surface area contributed by atoms with E-state index in [2.05, 4.69) is 20.4 Å². The molecule has 150 valence electrons. The molecule has 0 spiro atoms. The first-order valence-electron chi connectivity index (χ1n) is 9.59. The number of benzene rings is 2. The van der Waals surface area contributed by atoms with Crippen LogP contribution in [0, 0.1) is 0 Å². The molecule has 2 aromatic carbocycles. The summed E-state index contributed by atoms with van der Waals surface area (Å²) in [6, 6.07) is 15.7. The summed E-state index contributed by atoms with van der Waals surface area (Å²) in [4.78, 5) is 22.4. The molecule has 1 saturated carbocycles. The Morgan fingerprint density at radius 2 is 1.97 bits per heavy atom. The van der Waals surface area contributed by atoms with Crippen LogP contribution in [-0.4, -0.2) is 25.7 Å². The summed E-state index contributed by atoms with van der Waals surface area (Å²) in [6.07, 6.45) is 7.31. The molecule has 1 N–H and O–H groups in total. The number of halogens is 1. The maximum atomic E-state index is 13.0. The number of rotatable bonds is 6. The minimum atomic E-state index is -0.477. The van der Waals surface area contributed by atoms with Gasteiger partial charge in [-0.2, -0.15) is 5.10 Å². The first-order valence-corrected chi connectivity index (χ1v) is 10.8. The number of hydrogen-bond donors (Lipinski definition) is 1. The summed E-state index contributed by atoms with van der Waals surface area (Å²) < 4.78 is 1.69. The van der Waals surface area contributed by atoms with Crippen molar-refractivity contribution in [3.05, 3.63) is 88.4 Å². The Bertz CT molecular complexity index is 1180. The number of aromatic nitrogens is 4. The minimum absolute atomic E-state index is 0.00495. The zero-order chi connectivity index (χ0) is 20.6. The molecule has 4 aromatic rings. The molecule has 0 radical (unpaired) electrons. The summed E-state index contributed by atoms with van der Waals surface area (Å²) in [5.74, 6) is -0.00495. The monoisotopic (exact) mass is 435 g/mol. The van der Waals surface area contributed by atoms with Crippen LogP contribution in [0.2, 0.25) is 5.02 Å². The fraction of sp³-hybridized carbons (Fsp3) is 0.182. The lowest BCUT2D eigenvalue weighted by Gasteiger charge is -2.15. The van der Waals surface area contributed by atoms with Gasteiger partial charge in [0, 0.05) is 22.5 Å². The van der Waals surface area contributed by atoms with E-state index in [-0.39, 0.29) is 5.91 Å². The van der Waals surface area contributed by atoms with E-state index in [0.717, 1.165) is 39.6 Å². The van der Waals surface area contributed by atoms with Crippen LogP contribution in [0.25, 0.3) is 5.69 Å². The molecular formula is C22H18ClN5OS. The van der Waals surface area contributed by atoms with Crippen LogP contribution in [0.3, 0.4) is 0 Å². The summed E-state index contributed by atoms with van der Waals surface area (Å²) in [7, 11) is 0. The third kappa shape index (κ3) is 3.62. The van der Waals surface area contributed by atoms with Crippen LogP contribution in [0.1, 0.15) is 28.8 Å². The number of nitrogens with one attached hydrogen (secondary N) is 1. The highest BCUT2D eigenvalue weighted by atomic mass is 35.5. The average molecular weight is 436 g/mol. The second-order valence-corrected chi connectivity index (χ2v) is 8.85. The summed E-state index contributed by atoms with van der Waals surface area (Å²) in [5, 5.41) is 8.50. The summed E-state index contributed by atoms with van der Waals surface area (Å²) in [6.45, 7) is 0. The lowest BCUT2D eigenvalue weighted by molar-refractivity contribution is -0.118. The highest BCUT2D eigenvalue weighted by molar-refractivity contribution is 7.15. The Balaban J connectivity index is 1.28. The Morgan fingerprint density at radius 3 is 2.67 bits per heavy atom. The van der Waals surface area contributed by atoms with Crippen LogP contribution in [-0.2, 0) is 16.6 Å². The molecule has 1 aliphatic rings. The van der Waals surface area contributed by atoms with Crippen LogP contribution in [0.5, 0.6) is 0 Å². The van der Waals surface area contributed by atoms with Crippen molar-refractivity contribution in [3.63, 3.8) is 0 Å². The van der Waals surface area contributed by atoms with Gasteiger partial charge in [0.25, 0.3) is 0 Å². The van der Waals surface area contributed by atoms with Crippen molar-refractivity contribution in [2.45, 2.75) is 24.7 Å². The Kier molecular flexibility index (Phi) is 4.84. The van der Waals surface area contributed by atoms with Crippen molar-refractivity contribution in [2.75, 3.05) is 5.32 Å². The van der Waals surface area contributed by atoms with E-state index >= 15 is 0 Å². The second kappa shape index (κ2) is 7.66. The first-order chi connectivity index (χ1) is 14.6. The molecule has 0 aliphatic heterocycles. The fourth-order valence-corrected chi connectivity index (χ4v) is 4.57. The smallest absolute Gasteiger partial charge is 0.236 e. The summed E-state index contributed by atoms with van der Waals surface area (Å²) in [5.41, 5.74) is 2.50. The topological polar surface area (TPSA) is 72.7 Å². The summed E-state index contributed by atoms with van der Waals surface area (Å²) >= 11 is 7.73. The van der Waals surface area contributed by atoms with Crippen molar-refractivity contribution < 1.29 is 4.79 Å². The van der Waals surface area contributed by atoms with Gasteiger partial charge in [-0.1, -0.05) is 41.9 Å². The largest absolute Gasteiger partial charge is 0.301 e. The molecule has 0 unspecified atom stereocenters. The Labute approximate surface area is 182 Å². The lowest BCUT2D eigenvalue weighted by atomic mass is 9.95. The van der Waals surface area contributed by atoms with E-state index in [1.54, 1.807) is 17.2 Å². The van der Waals surface area contributed by atoms with E-state index < -0.39 is 5.41 Å². The SMILES string of the molecule is O=C(Nc1ncc(Cc2ccccc2Cl)s1)C1(c2ccc(-n3cncn3)cc2)CC1. The van der Waals surface area contributed by atoms with E-state index in [0.29, 0.717) is 11.6 Å². The Morgan fingerprint density at radius 1 is 1.17 bits per heavy atom. The van der Waals surface area contributed by atoms with Gasteiger partial charge in [-0.25, -0.2) is 14.6 Å². The Hall–Kier alpha value is -3.03. The van der Waals surface area contributed by atoms with Crippen molar-refractivity contribution in [1.82, 2.24) is 19.7 Å². The number of carbonyl (C=O) groups is 1. The zero-order valence-corrected chi connectivity index (χ0v) is 17.5. The maximum absolute atomic E-state index is 13.0. The van der Waals surface area contributed by atoms with Gasteiger partial charge < -0.3 is 5.32 Å². The molecule has 0 saturated heterocycles. The molecule has 1 amide bonds. The highest BCUT2D eigenvalue weighted by Gasteiger charge is 2.51. The third-order valence-corrected chi connectivity index (χ3v) is 6.67.